The molecule has 106 valence electrons. The third kappa shape index (κ3) is 2.23. The van der Waals surface area contributed by atoms with Crippen LogP contribution < -0.4 is 0 Å². The number of carboxylic acid groups (broad SMARTS) is 3. The summed E-state index contributed by atoms with van der Waals surface area (Å²) in [6.45, 7) is 0.0685. The molecule has 1 aromatic rings. The van der Waals surface area contributed by atoms with Gasteiger partial charge in [0, 0.05) is 0 Å². The molecule has 1 heterocycles. The summed E-state index contributed by atoms with van der Waals surface area (Å²) >= 11 is 0. The fraction of sp³-hybridized carbons (Fsp3) is 0.308. The minimum Gasteiger partial charge on any atom is -0.481 e. The molecule has 0 amide bonds. The molecule has 0 spiro atoms. The van der Waals surface area contributed by atoms with Crippen molar-refractivity contribution in [2.45, 2.75) is 18.4 Å². The van der Waals surface area contributed by atoms with E-state index >= 15 is 0 Å². The molecule has 7 heteroatoms. The summed E-state index contributed by atoms with van der Waals surface area (Å²) in [4.78, 5) is 33.5. The lowest BCUT2D eigenvalue weighted by atomic mass is 9.83. The number of aliphatic carboxylic acids is 2. The highest BCUT2D eigenvalue weighted by molar-refractivity contribution is 5.90. The predicted molar refractivity (Wildman–Crippen MR) is 64.6 cm³/mol. The average molecular weight is 280 g/mol. The van der Waals surface area contributed by atoms with Gasteiger partial charge in [-0.25, -0.2) is 9.59 Å². The Morgan fingerprint density at radius 1 is 1.20 bits per heavy atom. The number of ether oxygens (including phenoxy) is 1. The zero-order valence-electron chi connectivity index (χ0n) is 10.3. The van der Waals surface area contributed by atoms with Crippen LogP contribution in [0.2, 0.25) is 0 Å². The van der Waals surface area contributed by atoms with E-state index in [9.17, 15) is 19.5 Å². The summed E-state index contributed by atoms with van der Waals surface area (Å²) in [5.41, 5.74) is -1.46. The summed E-state index contributed by atoms with van der Waals surface area (Å²) in [6, 6.07) is 4.04. The molecule has 2 rings (SSSR count). The van der Waals surface area contributed by atoms with Gasteiger partial charge < -0.3 is 20.1 Å². The lowest BCUT2D eigenvalue weighted by Crippen LogP contribution is -2.44. The average Bonchev–Trinajstić information content (AvgIpc) is 2.37. The number of hydrogen-bond acceptors (Lipinski definition) is 4. The van der Waals surface area contributed by atoms with E-state index in [4.69, 9.17) is 14.9 Å². The Labute approximate surface area is 113 Å². The van der Waals surface area contributed by atoms with Crippen LogP contribution in [0.1, 0.15) is 27.9 Å². The molecule has 1 aromatic carbocycles. The summed E-state index contributed by atoms with van der Waals surface area (Å²) in [6.07, 6.45) is -0.359. The number of benzene rings is 1. The highest BCUT2D eigenvalue weighted by atomic mass is 16.5. The maximum absolute atomic E-state index is 11.5. The largest absolute Gasteiger partial charge is 0.481 e. The van der Waals surface area contributed by atoms with E-state index in [1.807, 2.05) is 0 Å². The van der Waals surface area contributed by atoms with Gasteiger partial charge in [-0.15, -0.1) is 0 Å². The molecular formula is C13H12O7. The maximum Gasteiger partial charge on any atom is 0.341 e. The normalized spacial score (nSPS) is 21.0. The van der Waals surface area contributed by atoms with Crippen molar-refractivity contribution in [3.05, 3.63) is 34.9 Å². The summed E-state index contributed by atoms with van der Waals surface area (Å²) in [5.74, 6) is -3.99. The summed E-state index contributed by atoms with van der Waals surface area (Å²) < 4.78 is 5.23. The van der Waals surface area contributed by atoms with Crippen LogP contribution >= 0.6 is 0 Å². The van der Waals surface area contributed by atoms with E-state index in [-0.39, 0.29) is 17.7 Å². The summed E-state index contributed by atoms with van der Waals surface area (Å²) in [5, 5.41) is 27.3. The van der Waals surface area contributed by atoms with Gasteiger partial charge in [-0.2, -0.15) is 0 Å². The molecule has 1 unspecified atom stereocenters. The molecule has 7 nitrogen and oxygen atoms in total. The quantitative estimate of drug-likeness (QED) is 0.742. The Morgan fingerprint density at radius 2 is 1.90 bits per heavy atom. The number of hydrogen-bond donors (Lipinski definition) is 3. The highest BCUT2D eigenvalue weighted by Gasteiger charge is 2.47. The molecule has 0 saturated heterocycles. The molecule has 0 radical (unpaired) electrons. The Morgan fingerprint density at radius 3 is 2.45 bits per heavy atom. The first-order chi connectivity index (χ1) is 9.36. The topological polar surface area (TPSA) is 121 Å². The summed E-state index contributed by atoms with van der Waals surface area (Å²) in [7, 11) is 0. The Hall–Kier alpha value is -2.41. The molecule has 0 aliphatic carbocycles. The Bertz CT molecular complexity index is 592. The molecule has 1 aliphatic heterocycles. The van der Waals surface area contributed by atoms with Crippen molar-refractivity contribution in [2.24, 2.45) is 0 Å². The van der Waals surface area contributed by atoms with Gasteiger partial charge >= 0.3 is 17.9 Å². The third-order valence-corrected chi connectivity index (χ3v) is 3.26. The van der Waals surface area contributed by atoms with Crippen molar-refractivity contribution in [1.29, 1.82) is 0 Å². The lowest BCUT2D eigenvalue weighted by molar-refractivity contribution is -0.176. The van der Waals surface area contributed by atoms with Gasteiger partial charge in [0.1, 0.15) is 0 Å². The van der Waals surface area contributed by atoms with E-state index in [2.05, 4.69) is 0 Å². The Balaban J connectivity index is 2.63. The molecule has 0 fully saturated rings. The van der Waals surface area contributed by atoms with Gasteiger partial charge in [-0.1, -0.05) is 6.07 Å². The van der Waals surface area contributed by atoms with Gasteiger partial charge in [0.15, 0.2) is 0 Å². The van der Waals surface area contributed by atoms with Crippen molar-refractivity contribution >= 4 is 17.9 Å². The standard InChI is InChI=1S/C13H12O7/c14-10(15)6-13(12(18)19)9-5-8(11(16)17)2-1-7(9)3-4-20-13/h1-2,5H,3-4,6H2,(H,14,15)(H,16,17)(H,18,19). The lowest BCUT2D eigenvalue weighted by Gasteiger charge is -2.34. The van der Waals surface area contributed by atoms with E-state index < -0.39 is 29.9 Å². The molecule has 0 bridgehead atoms. The maximum atomic E-state index is 11.5. The van der Waals surface area contributed by atoms with Gasteiger partial charge in [-0.05, 0) is 29.7 Å². The second-order valence-corrected chi connectivity index (χ2v) is 4.48. The van der Waals surface area contributed by atoms with Crippen LogP contribution in [-0.4, -0.2) is 39.8 Å². The van der Waals surface area contributed by atoms with Crippen LogP contribution in [-0.2, 0) is 26.3 Å². The van der Waals surface area contributed by atoms with Crippen LogP contribution in [0.3, 0.4) is 0 Å². The molecule has 3 N–H and O–H groups in total. The number of carboxylic acids is 3. The minimum absolute atomic E-state index is 0.0685. The number of fused-ring (bicyclic) bond motifs is 1. The van der Waals surface area contributed by atoms with Gasteiger partial charge in [0.2, 0.25) is 5.60 Å². The number of rotatable bonds is 4. The fourth-order valence-corrected chi connectivity index (χ4v) is 2.33. The van der Waals surface area contributed by atoms with Gasteiger partial charge in [-0.3, -0.25) is 4.79 Å². The first-order valence-corrected chi connectivity index (χ1v) is 5.82. The minimum atomic E-state index is -2.04. The molecule has 0 aromatic heterocycles. The highest BCUT2D eigenvalue weighted by Crippen LogP contribution is 2.37. The van der Waals surface area contributed by atoms with Gasteiger partial charge in [0.25, 0.3) is 0 Å². The first kappa shape index (κ1) is 14.0. The van der Waals surface area contributed by atoms with Crippen molar-refractivity contribution in [2.75, 3.05) is 6.61 Å². The number of aromatic carboxylic acids is 1. The second-order valence-electron chi connectivity index (χ2n) is 4.48. The van der Waals surface area contributed by atoms with Crippen LogP contribution in [0.5, 0.6) is 0 Å². The fourth-order valence-electron chi connectivity index (χ4n) is 2.33. The monoisotopic (exact) mass is 280 g/mol. The second kappa shape index (κ2) is 4.93. The van der Waals surface area contributed by atoms with Crippen LogP contribution in [0.25, 0.3) is 0 Å². The van der Waals surface area contributed by atoms with Crippen LogP contribution in [0, 0.1) is 0 Å². The van der Waals surface area contributed by atoms with Crippen LogP contribution in [0.15, 0.2) is 18.2 Å². The zero-order chi connectivity index (χ0) is 14.9. The Kier molecular flexibility index (Phi) is 3.46. The third-order valence-electron chi connectivity index (χ3n) is 3.26. The van der Waals surface area contributed by atoms with E-state index in [1.54, 1.807) is 0 Å². The van der Waals surface area contributed by atoms with Crippen molar-refractivity contribution in [3.8, 4) is 0 Å². The molecule has 1 atom stereocenters. The van der Waals surface area contributed by atoms with Crippen molar-refractivity contribution in [1.82, 2.24) is 0 Å². The smallest absolute Gasteiger partial charge is 0.341 e. The van der Waals surface area contributed by atoms with Crippen molar-refractivity contribution < 1.29 is 34.4 Å². The van der Waals surface area contributed by atoms with E-state index in [0.717, 1.165) is 0 Å². The number of carbonyl (C=O) groups is 3. The van der Waals surface area contributed by atoms with Crippen molar-refractivity contribution in [3.63, 3.8) is 0 Å². The van der Waals surface area contributed by atoms with E-state index in [1.165, 1.54) is 18.2 Å². The predicted octanol–water partition coefficient (Wildman–Crippen LogP) is 0.712. The molecule has 0 saturated carbocycles. The molecule has 1 aliphatic rings. The van der Waals surface area contributed by atoms with Crippen LogP contribution in [0.4, 0.5) is 0 Å². The molecular weight excluding hydrogens is 268 g/mol. The van der Waals surface area contributed by atoms with E-state index in [0.29, 0.717) is 12.0 Å². The molecule has 20 heavy (non-hydrogen) atoms. The van der Waals surface area contributed by atoms with Gasteiger partial charge in [0.05, 0.1) is 18.6 Å². The zero-order valence-corrected chi connectivity index (χ0v) is 10.3. The first-order valence-electron chi connectivity index (χ1n) is 5.82. The SMILES string of the molecule is O=C(O)CC1(C(=O)O)OCCc2ccc(C(=O)O)cc21.